The van der Waals surface area contributed by atoms with E-state index in [2.05, 4.69) is 10.2 Å². The molecule has 0 unspecified atom stereocenters. The van der Waals surface area contributed by atoms with Crippen LogP contribution in [0.5, 0.6) is 0 Å². The number of para-hydroxylation sites is 1. The van der Waals surface area contributed by atoms with Crippen molar-refractivity contribution in [3.63, 3.8) is 0 Å². The van der Waals surface area contributed by atoms with Crippen LogP contribution in [0.1, 0.15) is 38.0 Å². The number of hydrogen-bond acceptors (Lipinski definition) is 4. The predicted molar refractivity (Wildman–Crippen MR) is 125 cm³/mol. The topological polar surface area (TPSA) is 69.7 Å². The summed E-state index contributed by atoms with van der Waals surface area (Å²) in [5.74, 6) is -0.296. The highest BCUT2D eigenvalue weighted by molar-refractivity contribution is 6.09. The minimum absolute atomic E-state index is 0.0463. The summed E-state index contributed by atoms with van der Waals surface area (Å²) in [7, 11) is 0. The molecule has 2 amide bonds. The number of piperazine rings is 1. The van der Waals surface area contributed by atoms with Gasteiger partial charge in [-0.25, -0.2) is 0 Å². The first-order valence-corrected chi connectivity index (χ1v) is 10.6. The maximum atomic E-state index is 13.2. The minimum atomic E-state index is -0.246. The molecule has 4 rings (SSSR count). The maximum absolute atomic E-state index is 13.2. The molecule has 0 bridgehead atoms. The molecule has 1 fully saturated rings. The zero-order valence-corrected chi connectivity index (χ0v) is 18.0. The Bertz CT molecular complexity index is 1120. The van der Waals surface area contributed by atoms with Crippen LogP contribution >= 0.6 is 0 Å². The van der Waals surface area contributed by atoms with Gasteiger partial charge in [-0.1, -0.05) is 30.3 Å². The second kappa shape index (κ2) is 9.47. The fourth-order valence-corrected chi connectivity index (χ4v) is 3.81. The van der Waals surface area contributed by atoms with E-state index in [9.17, 15) is 14.4 Å². The molecule has 0 aliphatic carbocycles. The Morgan fingerprint density at radius 1 is 0.719 bits per heavy atom. The third-order valence-corrected chi connectivity index (χ3v) is 5.65. The Kier molecular flexibility index (Phi) is 6.31. The first-order valence-electron chi connectivity index (χ1n) is 10.6. The van der Waals surface area contributed by atoms with E-state index in [1.165, 1.54) is 0 Å². The summed E-state index contributed by atoms with van der Waals surface area (Å²) in [6, 6.07) is 23.6. The quantitative estimate of drug-likeness (QED) is 0.623. The number of amides is 2. The molecule has 3 aromatic carbocycles. The van der Waals surface area contributed by atoms with E-state index in [4.69, 9.17) is 0 Å². The number of Topliss-reactive ketones (excluding diaryl/α,β-unsaturated/α-hetero) is 1. The molecular weight excluding hydrogens is 402 g/mol. The Morgan fingerprint density at radius 2 is 1.34 bits per heavy atom. The molecule has 0 atom stereocenters. The zero-order chi connectivity index (χ0) is 22.5. The van der Waals surface area contributed by atoms with Gasteiger partial charge in [0.15, 0.2) is 5.78 Å². The largest absolute Gasteiger partial charge is 0.368 e. The molecular formula is C26H25N3O3. The number of carbonyl (C=O) groups is 3. The number of rotatable bonds is 5. The highest BCUT2D eigenvalue weighted by Crippen LogP contribution is 2.22. The molecule has 162 valence electrons. The van der Waals surface area contributed by atoms with Crippen molar-refractivity contribution in [2.24, 2.45) is 0 Å². The van der Waals surface area contributed by atoms with Gasteiger partial charge < -0.3 is 15.1 Å². The van der Waals surface area contributed by atoms with E-state index in [1.807, 2.05) is 35.2 Å². The molecule has 1 N–H and O–H groups in total. The number of anilines is 2. The molecule has 0 spiro atoms. The van der Waals surface area contributed by atoms with Crippen LogP contribution in [0.25, 0.3) is 0 Å². The van der Waals surface area contributed by atoms with Gasteiger partial charge in [-0.15, -0.1) is 0 Å². The number of benzene rings is 3. The molecule has 6 heteroatoms. The summed E-state index contributed by atoms with van der Waals surface area (Å²) in [5.41, 5.74) is 3.26. The lowest BCUT2D eigenvalue weighted by atomic mass is 10.1. The normalized spacial score (nSPS) is 13.5. The Morgan fingerprint density at radius 3 is 2.00 bits per heavy atom. The van der Waals surface area contributed by atoms with Crippen molar-refractivity contribution in [2.45, 2.75) is 6.92 Å². The van der Waals surface area contributed by atoms with Crippen molar-refractivity contribution in [2.75, 3.05) is 36.4 Å². The second-order valence-electron chi connectivity index (χ2n) is 7.75. The van der Waals surface area contributed by atoms with Gasteiger partial charge in [-0.2, -0.15) is 0 Å². The summed E-state index contributed by atoms with van der Waals surface area (Å²) in [6.45, 7) is 4.11. The van der Waals surface area contributed by atoms with E-state index in [1.54, 1.807) is 55.5 Å². The number of nitrogens with zero attached hydrogens (tertiary/aromatic N) is 2. The predicted octanol–water partition coefficient (Wildman–Crippen LogP) is 4.10. The van der Waals surface area contributed by atoms with E-state index in [0.29, 0.717) is 48.6 Å². The standard InChI is InChI=1S/C26H25N3O3/c1-19(30)20-11-13-22(14-12-20)28-15-17-29(18-16-28)26(32)23-9-5-6-10-24(23)27-25(31)21-7-3-2-4-8-21/h2-14H,15-18H2,1H3,(H,27,31). The third kappa shape index (κ3) is 4.70. The average Bonchev–Trinajstić information content (AvgIpc) is 2.84. The van der Waals surface area contributed by atoms with Crippen LogP contribution < -0.4 is 10.2 Å². The lowest BCUT2D eigenvalue weighted by Gasteiger charge is -2.36. The lowest BCUT2D eigenvalue weighted by Crippen LogP contribution is -2.49. The van der Waals surface area contributed by atoms with Crippen molar-refractivity contribution in [3.05, 3.63) is 95.6 Å². The van der Waals surface area contributed by atoms with Crippen LogP contribution in [-0.4, -0.2) is 48.7 Å². The van der Waals surface area contributed by atoms with Gasteiger partial charge in [0.2, 0.25) is 0 Å². The first kappa shape index (κ1) is 21.3. The van der Waals surface area contributed by atoms with Gasteiger partial charge in [0, 0.05) is 43.0 Å². The zero-order valence-electron chi connectivity index (χ0n) is 18.0. The van der Waals surface area contributed by atoms with Crippen LogP contribution in [0.4, 0.5) is 11.4 Å². The molecule has 3 aromatic rings. The van der Waals surface area contributed by atoms with Crippen LogP contribution in [0.3, 0.4) is 0 Å². The van der Waals surface area contributed by atoms with Crippen molar-refractivity contribution in [3.8, 4) is 0 Å². The molecule has 32 heavy (non-hydrogen) atoms. The summed E-state index contributed by atoms with van der Waals surface area (Å²) in [5, 5.41) is 2.87. The minimum Gasteiger partial charge on any atom is -0.368 e. The summed E-state index contributed by atoms with van der Waals surface area (Å²) in [4.78, 5) is 41.3. The summed E-state index contributed by atoms with van der Waals surface area (Å²) in [6.07, 6.45) is 0. The van der Waals surface area contributed by atoms with Crippen molar-refractivity contribution in [1.29, 1.82) is 0 Å². The van der Waals surface area contributed by atoms with Gasteiger partial charge in [-0.3, -0.25) is 14.4 Å². The van der Waals surface area contributed by atoms with Crippen molar-refractivity contribution in [1.82, 2.24) is 4.90 Å². The molecule has 0 saturated carbocycles. The Labute approximate surface area is 187 Å². The molecule has 1 aliphatic rings. The van der Waals surface area contributed by atoms with Gasteiger partial charge in [0.1, 0.15) is 0 Å². The van der Waals surface area contributed by atoms with Crippen LogP contribution in [0, 0.1) is 0 Å². The maximum Gasteiger partial charge on any atom is 0.256 e. The Balaban J connectivity index is 1.42. The van der Waals surface area contributed by atoms with Gasteiger partial charge in [0.25, 0.3) is 11.8 Å². The van der Waals surface area contributed by atoms with E-state index in [0.717, 1.165) is 5.69 Å². The van der Waals surface area contributed by atoms with Crippen LogP contribution in [-0.2, 0) is 0 Å². The van der Waals surface area contributed by atoms with Gasteiger partial charge >= 0.3 is 0 Å². The summed E-state index contributed by atoms with van der Waals surface area (Å²) >= 11 is 0. The smallest absolute Gasteiger partial charge is 0.256 e. The average molecular weight is 428 g/mol. The third-order valence-electron chi connectivity index (χ3n) is 5.65. The van der Waals surface area contributed by atoms with Gasteiger partial charge in [-0.05, 0) is 55.5 Å². The SMILES string of the molecule is CC(=O)c1ccc(N2CCN(C(=O)c3ccccc3NC(=O)c3ccccc3)CC2)cc1. The van der Waals surface area contributed by atoms with E-state index in [-0.39, 0.29) is 17.6 Å². The van der Waals surface area contributed by atoms with E-state index >= 15 is 0 Å². The highest BCUT2D eigenvalue weighted by Gasteiger charge is 2.24. The lowest BCUT2D eigenvalue weighted by molar-refractivity contribution is 0.0747. The second-order valence-corrected chi connectivity index (χ2v) is 7.75. The monoisotopic (exact) mass is 427 g/mol. The van der Waals surface area contributed by atoms with Crippen molar-refractivity contribution >= 4 is 29.0 Å². The molecule has 1 saturated heterocycles. The first-order chi connectivity index (χ1) is 15.5. The molecule has 1 aliphatic heterocycles. The number of ketones is 1. The van der Waals surface area contributed by atoms with Crippen LogP contribution in [0.2, 0.25) is 0 Å². The Hall–Kier alpha value is -3.93. The molecule has 0 aromatic heterocycles. The fourth-order valence-electron chi connectivity index (χ4n) is 3.81. The van der Waals surface area contributed by atoms with Crippen LogP contribution in [0.15, 0.2) is 78.9 Å². The number of nitrogens with one attached hydrogen (secondary N) is 1. The fraction of sp³-hybridized carbons (Fsp3) is 0.192. The number of hydrogen-bond donors (Lipinski definition) is 1. The van der Waals surface area contributed by atoms with E-state index < -0.39 is 0 Å². The molecule has 0 radical (unpaired) electrons. The summed E-state index contributed by atoms with van der Waals surface area (Å²) < 4.78 is 0. The van der Waals surface area contributed by atoms with Gasteiger partial charge in [0.05, 0.1) is 11.3 Å². The van der Waals surface area contributed by atoms with Crippen molar-refractivity contribution < 1.29 is 14.4 Å². The number of carbonyl (C=O) groups excluding carboxylic acids is 3. The molecule has 1 heterocycles. The highest BCUT2D eigenvalue weighted by atomic mass is 16.2. The molecule has 6 nitrogen and oxygen atoms in total.